The molecule has 0 saturated heterocycles. The van der Waals surface area contributed by atoms with Crippen LogP contribution >= 0.6 is 11.8 Å². The zero-order valence-electron chi connectivity index (χ0n) is 14.4. The predicted octanol–water partition coefficient (Wildman–Crippen LogP) is 3.70. The molecule has 0 unspecified atom stereocenters. The van der Waals surface area contributed by atoms with E-state index in [1.165, 1.54) is 11.8 Å². The van der Waals surface area contributed by atoms with Crippen molar-refractivity contribution in [1.82, 2.24) is 15.1 Å². The van der Waals surface area contributed by atoms with Crippen molar-refractivity contribution in [1.29, 1.82) is 0 Å². The SMILES string of the molecule is Cc1cc(CSc2ccccc2C(=O)Nc2ccc3[nH]c(=O)[nH]c3c2)on1. The minimum Gasteiger partial charge on any atom is -0.360 e. The lowest BCUT2D eigenvalue weighted by Crippen LogP contribution is -2.12. The molecule has 0 bridgehead atoms. The molecule has 0 spiro atoms. The number of anilines is 1. The molecular weight excluding hydrogens is 364 g/mol. The van der Waals surface area contributed by atoms with E-state index >= 15 is 0 Å². The number of nitrogens with one attached hydrogen (secondary N) is 3. The molecule has 0 aliphatic carbocycles. The second-order valence-corrected chi connectivity index (χ2v) is 7.03. The lowest BCUT2D eigenvalue weighted by molar-refractivity contribution is 0.102. The first-order chi connectivity index (χ1) is 13.1. The number of rotatable bonds is 5. The van der Waals surface area contributed by atoms with Crippen LogP contribution in [0.2, 0.25) is 0 Å². The molecule has 4 rings (SSSR count). The van der Waals surface area contributed by atoms with Crippen LogP contribution < -0.4 is 11.0 Å². The molecule has 7 nitrogen and oxygen atoms in total. The third-order valence-electron chi connectivity index (χ3n) is 3.95. The smallest absolute Gasteiger partial charge is 0.323 e. The highest BCUT2D eigenvalue weighted by atomic mass is 32.2. The predicted molar refractivity (Wildman–Crippen MR) is 104 cm³/mol. The molecular formula is C19H16N4O3S. The highest BCUT2D eigenvalue weighted by Crippen LogP contribution is 2.27. The number of carbonyl (C=O) groups is 1. The fourth-order valence-electron chi connectivity index (χ4n) is 2.72. The standard InChI is InChI=1S/C19H16N4O3S/c1-11-8-13(26-23-11)10-27-17-5-3-2-4-14(17)18(24)20-12-6-7-15-16(9-12)22-19(25)21-15/h2-9H,10H2,1H3,(H,20,24)(H2,21,22,25). The maximum absolute atomic E-state index is 12.8. The number of aromatic nitrogens is 3. The minimum absolute atomic E-state index is 0.218. The molecule has 4 aromatic rings. The first kappa shape index (κ1) is 17.2. The van der Waals surface area contributed by atoms with Crippen molar-refractivity contribution in [3.05, 3.63) is 76.0 Å². The lowest BCUT2D eigenvalue weighted by Gasteiger charge is -2.09. The maximum atomic E-state index is 12.8. The molecule has 136 valence electrons. The molecule has 1 amide bonds. The second kappa shape index (κ2) is 7.16. The first-order valence-electron chi connectivity index (χ1n) is 8.26. The van der Waals surface area contributed by atoms with Crippen LogP contribution in [-0.4, -0.2) is 21.0 Å². The number of hydrogen-bond donors (Lipinski definition) is 3. The van der Waals surface area contributed by atoms with E-state index in [1.807, 2.05) is 31.2 Å². The number of amides is 1. The summed E-state index contributed by atoms with van der Waals surface area (Å²) in [6, 6.07) is 14.5. The van der Waals surface area contributed by atoms with Crippen LogP contribution in [0.4, 0.5) is 5.69 Å². The van der Waals surface area contributed by atoms with Gasteiger partial charge in [-0.1, -0.05) is 17.3 Å². The van der Waals surface area contributed by atoms with E-state index in [2.05, 4.69) is 20.4 Å². The molecule has 0 radical (unpaired) electrons. The third-order valence-corrected chi connectivity index (χ3v) is 5.05. The first-order valence-corrected chi connectivity index (χ1v) is 9.24. The molecule has 8 heteroatoms. The fourth-order valence-corrected chi connectivity index (χ4v) is 3.65. The van der Waals surface area contributed by atoms with Crippen LogP contribution in [0.1, 0.15) is 21.8 Å². The summed E-state index contributed by atoms with van der Waals surface area (Å²) in [4.78, 5) is 30.3. The van der Waals surface area contributed by atoms with Crippen LogP contribution in [0.25, 0.3) is 11.0 Å². The average molecular weight is 380 g/mol. The Balaban J connectivity index is 1.53. The van der Waals surface area contributed by atoms with Gasteiger partial charge in [0.25, 0.3) is 5.91 Å². The lowest BCUT2D eigenvalue weighted by atomic mass is 10.2. The van der Waals surface area contributed by atoms with Crippen LogP contribution in [-0.2, 0) is 5.75 Å². The zero-order chi connectivity index (χ0) is 18.8. The van der Waals surface area contributed by atoms with Gasteiger partial charge in [0.15, 0.2) is 0 Å². The summed E-state index contributed by atoms with van der Waals surface area (Å²) in [6.45, 7) is 1.87. The Bertz CT molecular complexity index is 1170. The Labute approximate surface area is 158 Å². The van der Waals surface area contributed by atoms with Gasteiger partial charge in [0.1, 0.15) is 5.76 Å². The number of aryl methyl sites for hydroxylation is 1. The molecule has 0 atom stereocenters. The summed E-state index contributed by atoms with van der Waals surface area (Å²) in [5.41, 5.74) is 3.06. The number of benzene rings is 2. The molecule has 2 heterocycles. The van der Waals surface area contributed by atoms with Gasteiger partial charge in [-0.15, -0.1) is 11.8 Å². The number of thioether (sulfide) groups is 1. The fraction of sp³-hybridized carbons (Fsp3) is 0.105. The number of imidazole rings is 1. The van der Waals surface area contributed by atoms with Gasteiger partial charge in [-0.25, -0.2) is 4.79 Å². The summed E-state index contributed by atoms with van der Waals surface area (Å²) in [5.74, 6) is 1.13. The van der Waals surface area contributed by atoms with Gasteiger partial charge in [0, 0.05) is 16.6 Å². The molecule has 0 aliphatic heterocycles. The van der Waals surface area contributed by atoms with E-state index in [0.717, 1.165) is 16.3 Å². The Morgan fingerprint density at radius 3 is 2.78 bits per heavy atom. The van der Waals surface area contributed by atoms with E-state index in [0.29, 0.717) is 28.0 Å². The van der Waals surface area contributed by atoms with Crippen molar-refractivity contribution < 1.29 is 9.32 Å². The van der Waals surface area contributed by atoms with Crippen LogP contribution in [0, 0.1) is 6.92 Å². The van der Waals surface area contributed by atoms with Crippen molar-refractivity contribution in [2.45, 2.75) is 17.6 Å². The van der Waals surface area contributed by atoms with Gasteiger partial charge < -0.3 is 19.8 Å². The third kappa shape index (κ3) is 3.80. The van der Waals surface area contributed by atoms with Gasteiger partial charge in [0.2, 0.25) is 0 Å². The van der Waals surface area contributed by atoms with Gasteiger partial charge >= 0.3 is 5.69 Å². The van der Waals surface area contributed by atoms with E-state index in [4.69, 9.17) is 4.52 Å². The second-order valence-electron chi connectivity index (χ2n) is 6.01. The molecule has 2 aromatic heterocycles. The number of aromatic amines is 2. The number of carbonyl (C=O) groups excluding carboxylic acids is 1. The molecule has 3 N–H and O–H groups in total. The van der Waals surface area contributed by atoms with Gasteiger partial charge in [-0.2, -0.15) is 0 Å². The number of fused-ring (bicyclic) bond motifs is 1. The van der Waals surface area contributed by atoms with Crippen molar-refractivity contribution in [2.75, 3.05) is 5.32 Å². The normalized spacial score (nSPS) is 11.0. The van der Waals surface area contributed by atoms with Crippen LogP contribution in [0.15, 0.2) is 62.7 Å². The van der Waals surface area contributed by atoms with E-state index < -0.39 is 0 Å². The Kier molecular flexibility index (Phi) is 4.55. The summed E-state index contributed by atoms with van der Waals surface area (Å²) >= 11 is 1.51. The summed E-state index contributed by atoms with van der Waals surface area (Å²) in [6.07, 6.45) is 0. The van der Waals surface area contributed by atoms with E-state index in [-0.39, 0.29) is 11.6 Å². The number of H-pyrrole nitrogens is 2. The Morgan fingerprint density at radius 1 is 1.15 bits per heavy atom. The minimum atomic E-state index is -0.280. The largest absolute Gasteiger partial charge is 0.360 e. The van der Waals surface area contributed by atoms with Gasteiger partial charge in [-0.3, -0.25) is 4.79 Å². The monoisotopic (exact) mass is 380 g/mol. The number of hydrogen-bond acceptors (Lipinski definition) is 5. The molecule has 27 heavy (non-hydrogen) atoms. The number of nitrogens with zero attached hydrogens (tertiary/aromatic N) is 1. The van der Waals surface area contributed by atoms with Crippen molar-refractivity contribution in [3.8, 4) is 0 Å². The summed E-state index contributed by atoms with van der Waals surface area (Å²) in [7, 11) is 0. The van der Waals surface area contributed by atoms with Crippen molar-refractivity contribution in [3.63, 3.8) is 0 Å². The summed E-state index contributed by atoms with van der Waals surface area (Å²) in [5, 5.41) is 6.75. The Morgan fingerprint density at radius 2 is 1.96 bits per heavy atom. The highest BCUT2D eigenvalue weighted by molar-refractivity contribution is 7.98. The zero-order valence-corrected chi connectivity index (χ0v) is 15.2. The summed E-state index contributed by atoms with van der Waals surface area (Å²) < 4.78 is 5.22. The molecule has 2 aromatic carbocycles. The Hall–Kier alpha value is -3.26. The molecule has 0 fully saturated rings. The average Bonchev–Trinajstić information content (AvgIpc) is 3.24. The van der Waals surface area contributed by atoms with E-state index in [9.17, 15) is 9.59 Å². The quantitative estimate of drug-likeness (QED) is 0.458. The van der Waals surface area contributed by atoms with Crippen LogP contribution in [0.3, 0.4) is 0 Å². The highest BCUT2D eigenvalue weighted by Gasteiger charge is 2.13. The van der Waals surface area contributed by atoms with Crippen molar-refractivity contribution in [2.24, 2.45) is 0 Å². The topological polar surface area (TPSA) is 104 Å². The molecule has 0 saturated carbocycles. The van der Waals surface area contributed by atoms with Gasteiger partial charge in [-0.05, 0) is 37.3 Å². The maximum Gasteiger partial charge on any atom is 0.323 e. The van der Waals surface area contributed by atoms with E-state index in [1.54, 1.807) is 24.3 Å². The molecule has 0 aliphatic rings. The van der Waals surface area contributed by atoms with Crippen LogP contribution in [0.5, 0.6) is 0 Å². The van der Waals surface area contributed by atoms with Gasteiger partial charge in [0.05, 0.1) is 28.0 Å². The van der Waals surface area contributed by atoms with Crippen molar-refractivity contribution >= 4 is 34.4 Å².